The number of aliphatic carboxylic acids is 1. The molecule has 1 saturated heterocycles. The van der Waals surface area contributed by atoms with Gasteiger partial charge in [0.25, 0.3) is 0 Å². The number of carbonyl (C=O) groups is 3. The zero-order valence-electron chi connectivity index (χ0n) is 13.1. The molecular weight excluding hydrogens is 300 g/mol. The minimum atomic E-state index is -0.969. The third-order valence-corrected chi connectivity index (χ3v) is 3.88. The standard InChI is InChI=1S/C16H20N2O5/c1-10(16(21)22)8-17-15(20)11-7-14(19)18(9-11)12-5-3-4-6-13(12)23-2/h3-6,10-11H,7-9H2,1-2H3,(H,17,20)(H,21,22). The average Bonchev–Trinajstić information content (AvgIpc) is 2.93. The van der Waals surface area contributed by atoms with Crippen LogP contribution in [0, 0.1) is 11.8 Å². The van der Waals surface area contributed by atoms with Crippen molar-refractivity contribution in [2.75, 3.05) is 25.1 Å². The highest BCUT2D eigenvalue weighted by Crippen LogP contribution is 2.32. The molecule has 0 aliphatic carbocycles. The van der Waals surface area contributed by atoms with Gasteiger partial charge in [-0.15, -0.1) is 0 Å². The topological polar surface area (TPSA) is 95.9 Å². The average molecular weight is 320 g/mol. The van der Waals surface area contributed by atoms with E-state index in [4.69, 9.17) is 9.84 Å². The third kappa shape index (κ3) is 3.80. The Morgan fingerprint density at radius 2 is 2.13 bits per heavy atom. The summed E-state index contributed by atoms with van der Waals surface area (Å²) in [5, 5.41) is 11.4. The Morgan fingerprint density at radius 1 is 1.43 bits per heavy atom. The second kappa shape index (κ2) is 7.13. The van der Waals surface area contributed by atoms with Crippen molar-refractivity contribution >= 4 is 23.5 Å². The molecule has 0 bridgehead atoms. The molecule has 1 fully saturated rings. The molecule has 124 valence electrons. The van der Waals surface area contributed by atoms with Gasteiger partial charge in [0.05, 0.1) is 24.6 Å². The van der Waals surface area contributed by atoms with Crippen LogP contribution in [0.3, 0.4) is 0 Å². The molecule has 1 aliphatic heterocycles. The van der Waals surface area contributed by atoms with Crippen LogP contribution in [0.5, 0.6) is 5.75 Å². The molecule has 2 rings (SSSR count). The SMILES string of the molecule is COc1ccccc1N1CC(C(=O)NCC(C)C(=O)O)CC1=O. The van der Waals surface area contributed by atoms with Gasteiger partial charge in [0.15, 0.2) is 0 Å². The predicted molar refractivity (Wildman–Crippen MR) is 83.3 cm³/mol. The first-order chi connectivity index (χ1) is 10.9. The van der Waals surface area contributed by atoms with Crippen molar-refractivity contribution in [1.82, 2.24) is 5.32 Å². The lowest BCUT2D eigenvalue weighted by Gasteiger charge is -2.19. The van der Waals surface area contributed by atoms with Crippen LogP contribution in [0.1, 0.15) is 13.3 Å². The molecule has 1 aliphatic rings. The Labute approximate surface area is 134 Å². The van der Waals surface area contributed by atoms with Gasteiger partial charge in [-0.05, 0) is 12.1 Å². The summed E-state index contributed by atoms with van der Waals surface area (Å²) in [6.45, 7) is 1.82. The van der Waals surface area contributed by atoms with Crippen molar-refractivity contribution in [3.05, 3.63) is 24.3 Å². The smallest absolute Gasteiger partial charge is 0.308 e. The molecule has 1 aromatic rings. The van der Waals surface area contributed by atoms with Gasteiger partial charge in [0.1, 0.15) is 5.75 Å². The Kier molecular flexibility index (Phi) is 5.20. The van der Waals surface area contributed by atoms with E-state index in [0.717, 1.165) is 0 Å². The van der Waals surface area contributed by atoms with E-state index >= 15 is 0 Å². The summed E-state index contributed by atoms with van der Waals surface area (Å²) in [5.41, 5.74) is 0.634. The number of carboxylic acid groups (broad SMARTS) is 1. The van der Waals surface area contributed by atoms with Crippen molar-refractivity contribution in [2.45, 2.75) is 13.3 Å². The van der Waals surface area contributed by atoms with E-state index in [9.17, 15) is 14.4 Å². The molecule has 2 N–H and O–H groups in total. The lowest BCUT2D eigenvalue weighted by molar-refractivity contribution is -0.141. The molecule has 7 heteroatoms. The fraction of sp³-hybridized carbons (Fsp3) is 0.438. The molecule has 0 saturated carbocycles. The maximum absolute atomic E-state index is 12.2. The van der Waals surface area contributed by atoms with Crippen molar-refractivity contribution in [1.29, 1.82) is 0 Å². The number of carbonyl (C=O) groups excluding carboxylic acids is 2. The van der Waals surface area contributed by atoms with Crippen molar-refractivity contribution in [3.8, 4) is 5.75 Å². The molecule has 1 aromatic carbocycles. The van der Waals surface area contributed by atoms with Gasteiger partial charge in [-0.3, -0.25) is 14.4 Å². The summed E-state index contributed by atoms with van der Waals surface area (Å²) >= 11 is 0. The number of rotatable bonds is 6. The first-order valence-electron chi connectivity index (χ1n) is 7.38. The molecule has 2 atom stereocenters. The highest BCUT2D eigenvalue weighted by molar-refractivity contribution is 6.01. The first-order valence-corrected chi connectivity index (χ1v) is 7.38. The second-order valence-corrected chi connectivity index (χ2v) is 5.56. The van der Waals surface area contributed by atoms with Crippen molar-refractivity contribution in [3.63, 3.8) is 0 Å². The molecule has 2 amide bonds. The van der Waals surface area contributed by atoms with Gasteiger partial charge in [-0.25, -0.2) is 0 Å². The Morgan fingerprint density at radius 3 is 2.78 bits per heavy atom. The normalized spacial score (nSPS) is 18.6. The van der Waals surface area contributed by atoms with Crippen LogP contribution in [0.25, 0.3) is 0 Å². The number of nitrogens with zero attached hydrogens (tertiary/aromatic N) is 1. The number of hydrogen-bond donors (Lipinski definition) is 2. The maximum Gasteiger partial charge on any atom is 0.308 e. The van der Waals surface area contributed by atoms with Gasteiger partial charge in [-0.1, -0.05) is 19.1 Å². The Balaban J connectivity index is 2.02. The van der Waals surface area contributed by atoms with Crippen molar-refractivity contribution < 1.29 is 24.2 Å². The fourth-order valence-corrected chi connectivity index (χ4v) is 2.45. The summed E-state index contributed by atoms with van der Waals surface area (Å²) in [7, 11) is 1.52. The number of ether oxygens (including phenoxy) is 1. The van der Waals surface area contributed by atoms with Crippen LogP contribution < -0.4 is 15.0 Å². The minimum absolute atomic E-state index is 0.0491. The molecule has 7 nitrogen and oxygen atoms in total. The molecule has 2 unspecified atom stereocenters. The maximum atomic E-state index is 12.2. The lowest BCUT2D eigenvalue weighted by atomic mass is 10.1. The lowest BCUT2D eigenvalue weighted by Crippen LogP contribution is -2.37. The van der Waals surface area contributed by atoms with Crippen LogP contribution >= 0.6 is 0 Å². The number of methoxy groups -OCH3 is 1. The molecule has 0 spiro atoms. The zero-order valence-corrected chi connectivity index (χ0v) is 13.1. The second-order valence-electron chi connectivity index (χ2n) is 5.56. The van der Waals surface area contributed by atoms with E-state index < -0.39 is 17.8 Å². The molecule has 23 heavy (non-hydrogen) atoms. The highest BCUT2D eigenvalue weighted by atomic mass is 16.5. The van der Waals surface area contributed by atoms with E-state index in [1.165, 1.54) is 18.9 Å². The van der Waals surface area contributed by atoms with Gasteiger partial charge in [0.2, 0.25) is 11.8 Å². The Hall–Kier alpha value is -2.57. The van der Waals surface area contributed by atoms with E-state index in [1.807, 2.05) is 0 Å². The number of benzene rings is 1. The molecule has 0 aromatic heterocycles. The summed E-state index contributed by atoms with van der Waals surface area (Å²) in [5.74, 6) is -2.01. The van der Waals surface area contributed by atoms with Crippen LogP contribution in [-0.4, -0.2) is 43.1 Å². The number of anilines is 1. The number of amides is 2. The van der Waals surface area contributed by atoms with Crippen LogP contribution in [0.2, 0.25) is 0 Å². The van der Waals surface area contributed by atoms with Gasteiger partial charge in [0, 0.05) is 19.5 Å². The summed E-state index contributed by atoms with van der Waals surface area (Å²) in [4.78, 5) is 36.6. The summed E-state index contributed by atoms with van der Waals surface area (Å²) in [6, 6.07) is 7.13. The quantitative estimate of drug-likeness (QED) is 0.811. The number of hydrogen-bond acceptors (Lipinski definition) is 4. The first kappa shape index (κ1) is 16.8. The number of nitrogens with one attached hydrogen (secondary N) is 1. The van der Waals surface area contributed by atoms with E-state index in [-0.39, 0.29) is 31.3 Å². The fourth-order valence-electron chi connectivity index (χ4n) is 2.45. The van der Waals surface area contributed by atoms with Crippen LogP contribution in [-0.2, 0) is 14.4 Å². The van der Waals surface area contributed by atoms with E-state index in [2.05, 4.69) is 5.32 Å². The minimum Gasteiger partial charge on any atom is -0.495 e. The predicted octanol–water partition coefficient (Wildman–Crippen LogP) is 0.885. The number of para-hydroxylation sites is 2. The van der Waals surface area contributed by atoms with Gasteiger partial charge in [-0.2, -0.15) is 0 Å². The molecule has 0 radical (unpaired) electrons. The van der Waals surface area contributed by atoms with Gasteiger partial charge >= 0.3 is 5.97 Å². The van der Waals surface area contributed by atoms with Crippen LogP contribution in [0.4, 0.5) is 5.69 Å². The number of carboxylic acids is 1. The zero-order chi connectivity index (χ0) is 17.0. The van der Waals surface area contributed by atoms with Crippen molar-refractivity contribution in [2.24, 2.45) is 11.8 Å². The van der Waals surface area contributed by atoms with E-state index in [1.54, 1.807) is 24.3 Å². The summed E-state index contributed by atoms with van der Waals surface area (Å²) in [6.07, 6.45) is 0.103. The van der Waals surface area contributed by atoms with Crippen LogP contribution in [0.15, 0.2) is 24.3 Å². The van der Waals surface area contributed by atoms with E-state index in [0.29, 0.717) is 11.4 Å². The van der Waals surface area contributed by atoms with Gasteiger partial charge < -0.3 is 20.1 Å². The monoisotopic (exact) mass is 320 g/mol. The largest absolute Gasteiger partial charge is 0.495 e. The third-order valence-electron chi connectivity index (χ3n) is 3.88. The molecule has 1 heterocycles. The Bertz CT molecular complexity index is 616. The summed E-state index contributed by atoms with van der Waals surface area (Å²) < 4.78 is 5.25. The molecular formula is C16H20N2O5. The highest BCUT2D eigenvalue weighted by Gasteiger charge is 2.36.